The van der Waals surface area contributed by atoms with Gasteiger partial charge in [-0.25, -0.2) is 24.1 Å². The quantitative estimate of drug-likeness (QED) is 0.450. The zero-order valence-electron chi connectivity index (χ0n) is 18.5. The van der Waals surface area contributed by atoms with Gasteiger partial charge >= 0.3 is 6.09 Å². The molecule has 2 unspecified atom stereocenters. The first-order valence-corrected chi connectivity index (χ1v) is 11.0. The molecule has 5 N–H and O–H groups in total. The summed E-state index contributed by atoms with van der Waals surface area (Å²) in [4.78, 5) is 38.3. The molecule has 1 aliphatic heterocycles. The monoisotopic (exact) mass is 465 g/mol. The summed E-state index contributed by atoms with van der Waals surface area (Å²) < 4.78 is 13.2. The summed E-state index contributed by atoms with van der Waals surface area (Å²) in [6.45, 7) is 3.22. The SMILES string of the molecule is Cc1cc(N2CC[C@H](NC(=O)O)C2)ncc1-c1cc2cc(NC(=O)C3CC3F)ncc2c(N)n1. The van der Waals surface area contributed by atoms with Crippen LogP contribution in [0, 0.1) is 12.8 Å². The van der Waals surface area contributed by atoms with Gasteiger partial charge in [-0.1, -0.05) is 0 Å². The van der Waals surface area contributed by atoms with Gasteiger partial charge in [-0.2, -0.15) is 0 Å². The highest BCUT2D eigenvalue weighted by Gasteiger charge is 2.43. The van der Waals surface area contributed by atoms with E-state index in [2.05, 4.69) is 25.6 Å². The van der Waals surface area contributed by atoms with Crippen LogP contribution in [0.2, 0.25) is 0 Å². The van der Waals surface area contributed by atoms with Crippen molar-refractivity contribution in [3.63, 3.8) is 0 Å². The number of aryl methyl sites for hydroxylation is 1. The lowest BCUT2D eigenvalue weighted by molar-refractivity contribution is -0.117. The van der Waals surface area contributed by atoms with E-state index in [0.717, 1.165) is 28.8 Å². The van der Waals surface area contributed by atoms with Gasteiger partial charge in [0.25, 0.3) is 0 Å². The van der Waals surface area contributed by atoms with Gasteiger partial charge in [0.15, 0.2) is 0 Å². The summed E-state index contributed by atoms with van der Waals surface area (Å²) in [5.41, 5.74) is 8.56. The van der Waals surface area contributed by atoms with Crippen molar-refractivity contribution < 1.29 is 19.1 Å². The van der Waals surface area contributed by atoms with Crippen molar-refractivity contribution >= 4 is 40.2 Å². The van der Waals surface area contributed by atoms with Crippen LogP contribution < -0.4 is 21.3 Å². The van der Waals surface area contributed by atoms with Crippen LogP contribution in [-0.4, -0.2) is 57.4 Å². The molecule has 34 heavy (non-hydrogen) atoms. The number of nitrogens with two attached hydrogens (primary N) is 1. The van der Waals surface area contributed by atoms with Gasteiger partial charge in [0.2, 0.25) is 5.91 Å². The van der Waals surface area contributed by atoms with Crippen molar-refractivity contribution in [2.75, 3.05) is 29.0 Å². The maximum absolute atomic E-state index is 13.2. The van der Waals surface area contributed by atoms with Crippen molar-refractivity contribution in [3.8, 4) is 11.3 Å². The molecule has 1 aliphatic carbocycles. The molecule has 5 rings (SSSR count). The predicted octanol–water partition coefficient (Wildman–Crippen LogP) is 2.73. The fourth-order valence-corrected chi connectivity index (χ4v) is 4.28. The molecule has 1 saturated heterocycles. The van der Waals surface area contributed by atoms with Crippen LogP contribution in [0.4, 0.5) is 26.6 Å². The highest BCUT2D eigenvalue weighted by atomic mass is 19.1. The minimum atomic E-state index is -1.08. The number of carboxylic acid groups (broad SMARTS) is 1. The molecule has 4 heterocycles. The molecule has 176 valence electrons. The number of hydrogen-bond acceptors (Lipinski definition) is 7. The Bertz CT molecular complexity index is 1300. The number of alkyl halides is 1. The highest BCUT2D eigenvalue weighted by molar-refractivity contribution is 5.98. The van der Waals surface area contributed by atoms with Crippen LogP contribution in [0.1, 0.15) is 18.4 Å². The molecular weight excluding hydrogens is 441 g/mol. The third-order valence-electron chi connectivity index (χ3n) is 6.26. The van der Waals surface area contributed by atoms with Gasteiger partial charge in [0, 0.05) is 36.4 Å². The fourth-order valence-electron chi connectivity index (χ4n) is 4.28. The van der Waals surface area contributed by atoms with E-state index >= 15 is 0 Å². The van der Waals surface area contributed by atoms with Gasteiger partial charge in [-0.05, 0) is 48.9 Å². The van der Waals surface area contributed by atoms with Gasteiger partial charge in [0.05, 0.1) is 17.7 Å². The van der Waals surface area contributed by atoms with Crippen molar-refractivity contribution in [1.29, 1.82) is 0 Å². The van der Waals surface area contributed by atoms with Gasteiger partial charge in [-0.15, -0.1) is 0 Å². The van der Waals surface area contributed by atoms with E-state index in [9.17, 15) is 14.0 Å². The average molecular weight is 465 g/mol. The molecule has 2 amide bonds. The predicted molar refractivity (Wildman–Crippen MR) is 125 cm³/mol. The lowest BCUT2D eigenvalue weighted by atomic mass is 10.1. The third kappa shape index (κ3) is 4.28. The molecule has 0 aromatic carbocycles. The zero-order valence-corrected chi connectivity index (χ0v) is 18.5. The van der Waals surface area contributed by atoms with Crippen molar-refractivity contribution in [2.45, 2.75) is 32.0 Å². The minimum Gasteiger partial charge on any atom is -0.465 e. The Morgan fingerprint density at radius 2 is 2.03 bits per heavy atom. The number of nitrogens with zero attached hydrogens (tertiary/aromatic N) is 4. The van der Waals surface area contributed by atoms with Crippen LogP contribution in [0.5, 0.6) is 0 Å². The molecule has 0 spiro atoms. The van der Waals surface area contributed by atoms with Crippen LogP contribution in [-0.2, 0) is 4.79 Å². The Labute approximate surface area is 194 Å². The first-order valence-electron chi connectivity index (χ1n) is 11.0. The van der Waals surface area contributed by atoms with Gasteiger partial charge in [0.1, 0.15) is 23.6 Å². The molecule has 3 atom stereocenters. The van der Waals surface area contributed by atoms with Gasteiger partial charge < -0.3 is 26.4 Å². The molecule has 2 fully saturated rings. The Hall–Kier alpha value is -4.02. The number of aromatic nitrogens is 3. The number of pyridine rings is 3. The molecular formula is C23H24FN7O3. The first kappa shape index (κ1) is 21.8. The second kappa shape index (κ2) is 8.40. The average Bonchev–Trinajstić information content (AvgIpc) is 3.34. The smallest absolute Gasteiger partial charge is 0.404 e. The number of hydrogen-bond donors (Lipinski definition) is 4. The normalized spacial score (nSPS) is 21.5. The second-order valence-corrected chi connectivity index (χ2v) is 8.77. The number of anilines is 3. The maximum atomic E-state index is 13.2. The van der Waals surface area contributed by atoms with E-state index in [4.69, 9.17) is 10.8 Å². The highest BCUT2D eigenvalue weighted by Crippen LogP contribution is 2.35. The molecule has 3 aromatic heterocycles. The summed E-state index contributed by atoms with van der Waals surface area (Å²) in [7, 11) is 0. The summed E-state index contributed by atoms with van der Waals surface area (Å²) in [5.74, 6) is 0.421. The summed E-state index contributed by atoms with van der Waals surface area (Å²) in [5, 5.41) is 15.5. The Morgan fingerprint density at radius 1 is 1.24 bits per heavy atom. The number of fused-ring (bicyclic) bond motifs is 1. The molecule has 10 nitrogen and oxygen atoms in total. The minimum absolute atomic E-state index is 0.125. The number of carbonyl (C=O) groups excluding carboxylic acids is 1. The standard InChI is InChI=1S/C23H24FN7O3/c1-11-4-20(31-3-2-13(10-31)28-23(33)34)27-8-15(11)18-5-12-6-19(26-9-16(12)21(25)29-18)30-22(32)14-7-17(14)24/h4-6,8-9,13-14,17,28H,2-3,7,10H2,1H3,(H2,25,29)(H,33,34)(H,26,30,32)/t13-,14?,17?/m0/s1. The number of nitrogens with one attached hydrogen (secondary N) is 2. The lowest BCUT2D eigenvalue weighted by Crippen LogP contribution is -2.36. The maximum Gasteiger partial charge on any atom is 0.404 e. The number of carbonyl (C=O) groups is 2. The van der Waals surface area contributed by atoms with E-state index in [-0.39, 0.29) is 18.4 Å². The molecule has 3 aromatic rings. The molecule has 1 saturated carbocycles. The van der Waals surface area contributed by atoms with Crippen molar-refractivity contribution in [3.05, 3.63) is 36.2 Å². The van der Waals surface area contributed by atoms with Gasteiger partial charge in [-0.3, -0.25) is 4.79 Å². The zero-order chi connectivity index (χ0) is 24.0. The topological polar surface area (TPSA) is 146 Å². The summed E-state index contributed by atoms with van der Waals surface area (Å²) >= 11 is 0. The third-order valence-corrected chi connectivity index (χ3v) is 6.26. The fraction of sp³-hybridized carbons (Fsp3) is 0.348. The molecule has 2 aliphatic rings. The summed E-state index contributed by atoms with van der Waals surface area (Å²) in [6.07, 6.45) is 2.14. The Morgan fingerprint density at radius 3 is 2.74 bits per heavy atom. The first-order chi connectivity index (χ1) is 16.3. The van der Waals surface area contributed by atoms with Crippen molar-refractivity contribution in [1.82, 2.24) is 20.3 Å². The van der Waals surface area contributed by atoms with Crippen molar-refractivity contribution in [2.24, 2.45) is 5.92 Å². The van der Waals surface area contributed by atoms with Crippen LogP contribution >= 0.6 is 0 Å². The molecule has 0 radical (unpaired) electrons. The molecule has 0 bridgehead atoms. The number of amides is 2. The number of rotatable bonds is 5. The lowest BCUT2D eigenvalue weighted by Gasteiger charge is -2.19. The largest absolute Gasteiger partial charge is 0.465 e. The van der Waals surface area contributed by atoms with E-state index in [1.165, 1.54) is 0 Å². The van der Waals surface area contributed by atoms with E-state index in [1.54, 1.807) is 18.5 Å². The van der Waals surface area contributed by atoms with E-state index in [1.807, 2.05) is 24.0 Å². The van der Waals surface area contributed by atoms with Crippen LogP contribution in [0.25, 0.3) is 22.0 Å². The van der Waals surface area contributed by atoms with Crippen LogP contribution in [0.3, 0.4) is 0 Å². The number of halogens is 1. The second-order valence-electron chi connectivity index (χ2n) is 8.77. The Balaban J connectivity index is 1.39. The Kier molecular flexibility index (Phi) is 5.39. The number of nitrogen functional groups attached to an aromatic ring is 1. The summed E-state index contributed by atoms with van der Waals surface area (Å²) in [6, 6.07) is 5.37. The molecule has 11 heteroatoms. The van der Waals surface area contributed by atoms with Crippen LogP contribution in [0.15, 0.2) is 30.6 Å². The van der Waals surface area contributed by atoms with E-state index < -0.39 is 18.2 Å². The van der Waals surface area contributed by atoms with E-state index in [0.29, 0.717) is 35.8 Å².